The zero-order valence-electron chi connectivity index (χ0n) is 14.9. The molecule has 2 N–H and O–H groups in total. The Labute approximate surface area is 159 Å². The van der Waals surface area contributed by atoms with Crippen molar-refractivity contribution in [3.63, 3.8) is 0 Å². The number of nitrogens with one attached hydrogen (secondary N) is 2. The van der Waals surface area contributed by atoms with E-state index in [1.165, 1.54) is 0 Å². The minimum absolute atomic E-state index is 0.676. The van der Waals surface area contributed by atoms with E-state index < -0.39 is 0 Å². The van der Waals surface area contributed by atoms with Crippen LogP contribution >= 0.6 is 0 Å². The SMILES string of the molecule is COc1cncc(-c2cc(-c3nc4c(-c5ccccn5)nccc4[nH]3)[nH]n2)c1. The van der Waals surface area contributed by atoms with Crippen LogP contribution in [0.2, 0.25) is 0 Å². The summed E-state index contributed by atoms with van der Waals surface area (Å²) in [6.07, 6.45) is 6.88. The molecule has 0 aliphatic rings. The van der Waals surface area contributed by atoms with E-state index in [1.807, 2.05) is 36.4 Å². The molecule has 5 heterocycles. The Morgan fingerprint density at radius 3 is 2.79 bits per heavy atom. The number of aromatic nitrogens is 7. The second-order valence-corrected chi connectivity index (χ2v) is 6.14. The molecule has 5 aromatic rings. The van der Waals surface area contributed by atoms with E-state index in [9.17, 15) is 0 Å². The predicted octanol–water partition coefficient (Wildman–Crippen LogP) is 3.48. The minimum atomic E-state index is 0.676. The summed E-state index contributed by atoms with van der Waals surface area (Å²) in [5.74, 6) is 1.35. The standard InChI is InChI=1S/C20H15N7O/c1-28-13-8-12(10-21-11-13)16-9-17(27-26-16)20-24-15-5-7-23-18(19(15)25-20)14-4-2-3-6-22-14/h2-11H,1H3,(H,24,25)(H,26,27). The first-order chi connectivity index (χ1) is 13.8. The molecule has 8 nitrogen and oxygen atoms in total. The largest absolute Gasteiger partial charge is 0.495 e. The van der Waals surface area contributed by atoms with Crippen LogP contribution in [0.15, 0.2) is 61.2 Å². The first-order valence-electron chi connectivity index (χ1n) is 8.63. The summed E-state index contributed by atoms with van der Waals surface area (Å²) >= 11 is 0. The molecular formula is C20H15N7O. The van der Waals surface area contributed by atoms with Gasteiger partial charge in [-0.3, -0.25) is 20.1 Å². The predicted molar refractivity (Wildman–Crippen MR) is 104 cm³/mol. The summed E-state index contributed by atoms with van der Waals surface area (Å²) in [5, 5.41) is 7.41. The van der Waals surface area contributed by atoms with Crippen molar-refractivity contribution in [2.45, 2.75) is 0 Å². The first kappa shape index (κ1) is 16.1. The molecule has 0 unspecified atom stereocenters. The van der Waals surface area contributed by atoms with Crippen molar-refractivity contribution in [2.24, 2.45) is 0 Å². The van der Waals surface area contributed by atoms with Gasteiger partial charge in [-0.1, -0.05) is 6.07 Å². The van der Waals surface area contributed by atoms with Crippen molar-refractivity contribution in [1.82, 2.24) is 35.1 Å². The van der Waals surface area contributed by atoms with Gasteiger partial charge in [0.2, 0.25) is 0 Å². The van der Waals surface area contributed by atoms with Gasteiger partial charge in [0.25, 0.3) is 0 Å². The lowest BCUT2D eigenvalue weighted by molar-refractivity contribution is 0.413. The Balaban J connectivity index is 1.56. The van der Waals surface area contributed by atoms with Gasteiger partial charge in [-0.2, -0.15) is 5.10 Å². The average Bonchev–Trinajstić information content (AvgIpc) is 3.41. The number of imidazole rings is 1. The number of aromatic amines is 2. The molecule has 136 valence electrons. The van der Waals surface area contributed by atoms with Crippen LogP contribution in [-0.2, 0) is 0 Å². The van der Waals surface area contributed by atoms with Gasteiger partial charge in [0.1, 0.15) is 22.7 Å². The van der Waals surface area contributed by atoms with Gasteiger partial charge >= 0.3 is 0 Å². The zero-order valence-corrected chi connectivity index (χ0v) is 14.9. The smallest absolute Gasteiger partial charge is 0.156 e. The third-order valence-corrected chi connectivity index (χ3v) is 4.39. The lowest BCUT2D eigenvalue weighted by Gasteiger charge is -2.00. The highest BCUT2D eigenvalue weighted by molar-refractivity contribution is 5.90. The summed E-state index contributed by atoms with van der Waals surface area (Å²) in [7, 11) is 1.61. The highest BCUT2D eigenvalue weighted by atomic mass is 16.5. The number of hydrogen-bond donors (Lipinski definition) is 2. The molecule has 0 saturated carbocycles. The topological polar surface area (TPSA) is 105 Å². The van der Waals surface area contributed by atoms with Crippen LogP contribution in [0.3, 0.4) is 0 Å². The van der Waals surface area contributed by atoms with Crippen LogP contribution in [0.25, 0.3) is 45.2 Å². The summed E-state index contributed by atoms with van der Waals surface area (Å²) < 4.78 is 5.23. The maximum Gasteiger partial charge on any atom is 0.156 e. The van der Waals surface area contributed by atoms with Crippen molar-refractivity contribution < 1.29 is 4.74 Å². The zero-order chi connectivity index (χ0) is 18.9. The van der Waals surface area contributed by atoms with Crippen molar-refractivity contribution in [2.75, 3.05) is 7.11 Å². The molecule has 8 heteroatoms. The van der Waals surface area contributed by atoms with Crippen molar-refractivity contribution in [1.29, 1.82) is 0 Å². The number of ether oxygens (including phenoxy) is 1. The minimum Gasteiger partial charge on any atom is -0.495 e. The molecule has 0 bridgehead atoms. The van der Waals surface area contributed by atoms with Crippen LogP contribution in [0.5, 0.6) is 5.75 Å². The molecule has 0 aliphatic carbocycles. The number of H-pyrrole nitrogens is 2. The maximum absolute atomic E-state index is 5.23. The van der Waals surface area contributed by atoms with E-state index in [2.05, 4.69) is 30.1 Å². The van der Waals surface area contributed by atoms with Gasteiger partial charge in [0.05, 0.1) is 30.2 Å². The van der Waals surface area contributed by atoms with Gasteiger partial charge in [0.15, 0.2) is 5.82 Å². The van der Waals surface area contributed by atoms with Crippen LogP contribution in [0, 0.1) is 0 Å². The normalized spacial score (nSPS) is 11.0. The third kappa shape index (κ3) is 2.77. The van der Waals surface area contributed by atoms with E-state index in [4.69, 9.17) is 9.72 Å². The second-order valence-electron chi connectivity index (χ2n) is 6.14. The Morgan fingerprint density at radius 1 is 0.964 bits per heavy atom. The van der Waals surface area contributed by atoms with Crippen molar-refractivity contribution in [3.05, 3.63) is 61.2 Å². The van der Waals surface area contributed by atoms with Gasteiger partial charge < -0.3 is 9.72 Å². The Bertz CT molecular complexity index is 1260. The molecule has 28 heavy (non-hydrogen) atoms. The van der Waals surface area contributed by atoms with Crippen molar-refractivity contribution in [3.8, 4) is 39.9 Å². The highest BCUT2D eigenvalue weighted by Crippen LogP contribution is 2.28. The number of rotatable bonds is 4. The quantitative estimate of drug-likeness (QED) is 0.502. The maximum atomic E-state index is 5.23. The molecule has 0 saturated heterocycles. The van der Waals surface area contributed by atoms with Gasteiger partial charge in [-0.05, 0) is 30.3 Å². The summed E-state index contributed by atoms with van der Waals surface area (Å²) in [5.41, 5.74) is 5.52. The van der Waals surface area contributed by atoms with Crippen LogP contribution in [0.1, 0.15) is 0 Å². The average molecular weight is 369 g/mol. The Hall–Kier alpha value is -4.07. The molecule has 0 aromatic carbocycles. The van der Waals surface area contributed by atoms with E-state index in [-0.39, 0.29) is 0 Å². The third-order valence-electron chi connectivity index (χ3n) is 4.39. The summed E-state index contributed by atoms with van der Waals surface area (Å²) in [4.78, 5) is 21.1. The molecule has 0 spiro atoms. The lowest BCUT2D eigenvalue weighted by Crippen LogP contribution is -1.87. The van der Waals surface area contributed by atoms with Gasteiger partial charge in [0, 0.05) is 24.2 Å². The van der Waals surface area contributed by atoms with Crippen molar-refractivity contribution >= 4 is 11.0 Å². The summed E-state index contributed by atoms with van der Waals surface area (Å²) in [6.45, 7) is 0. The number of hydrogen-bond acceptors (Lipinski definition) is 6. The Morgan fingerprint density at radius 2 is 1.93 bits per heavy atom. The fourth-order valence-electron chi connectivity index (χ4n) is 3.01. The molecule has 0 amide bonds. The van der Waals surface area contributed by atoms with E-state index in [0.29, 0.717) is 11.6 Å². The highest BCUT2D eigenvalue weighted by Gasteiger charge is 2.14. The van der Waals surface area contributed by atoms with E-state index >= 15 is 0 Å². The molecule has 0 fully saturated rings. The molecule has 0 radical (unpaired) electrons. The molecule has 5 rings (SSSR count). The Kier molecular flexibility index (Phi) is 3.79. The van der Waals surface area contributed by atoms with Gasteiger partial charge in [-0.25, -0.2) is 4.98 Å². The van der Waals surface area contributed by atoms with Gasteiger partial charge in [-0.15, -0.1) is 0 Å². The van der Waals surface area contributed by atoms with Crippen LogP contribution < -0.4 is 4.74 Å². The molecule has 0 atom stereocenters. The number of nitrogens with zero attached hydrogens (tertiary/aromatic N) is 5. The van der Waals surface area contributed by atoms with Crippen LogP contribution in [0.4, 0.5) is 0 Å². The molecule has 5 aromatic heterocycles. The lowest BCUT2D eigenvalue weighted by atomic mass is 10.2. The van der Waals surface area contributed by atoms with Crippen LogP contribution in [-0.4, -0.2) is 42.2 Å². The molecule has 0 aliphatic heterocycles. The van der Waals surface area contributed by atoms with E-state index in [0.717, 1.165) is 39.4 Å². The van der Waals surface area contributed by atoms with E-state index in [1.54, 1.807) is 31.9 Å². The number of pyridine rings is 3. The summed E-state index contributed by atoms with van der Waals surface area (Å²) in [6, 6.07) is 11.4. The number of fused-ring (bicyclic) bond motifs is 1. The fourth-order valence-corrected chi connectivity index (χ4v) is 3.01. The number of methoxy groups -OCH3 is 1. The molecular weight excluding hydrogens is 354 g/mol. The first-order valence-corrected chi connectivity index (χ1v) is 8.63. The second kappa shape index (κ2) is 6.58. The monoisotopic (exact) mass is 369 g/mol. The fraction of sp³-hybridized carbons (Fsp3) is 0.0500.